The van der Waals surface area contributed by atoms with Crippen LogP contribution in [0.1, 0.15) is 12.5 Å². The Morgan fingerprint density at radius 1 is 1.12 bits per heavy atom. The fraction of sp³-hybridized carbons (Fsp3) is 0.294. The fourth-order valence-corrected chi connectivity index (χ4v) is 3.78. The third-order valence-electron chi connectivity index (χ3n) is 4.72. The highest BCUT2D eigenvalue weighted by Gasteiger charge is 2.45. The zero-order chi connectivity index (χ0) is 17.0. The molecule has 2 bridgehead atoms. The van der Waals surface area contributed by atoms with Crippen molar-refractivity contribution in [3.05, 3.63) is 47.2 Å². The summed E-state index contributed by atoms with van der Waals surface area (Å²) in [6, 6.07) is 13.7. The highest BCUT2D eigenvalue weighted by Crippen LogP contribution is 2.33. The summed E-state index contributed by atoms with van der Waals surface area (Å²) in [4.78, 5) is 12.0. The Morgan fingerprint density at radius 2 is 1.96 bits per heavy atom. The Balaban J connectivity index is 1.61. The van der Waals surface area contributed by atoms with E-state index in [1.165, 1.54) is 0 Å². The van der Waals surface area contributed by atoms with E-state index in [0.717, 1.165) is 16.5 Å². The van der Waals surface area contributed by atoms with Gasteiger partial charge in [-0.3, -0.25) is 4.79 Å². The van der Waals surface area contributed by atoms with Crippen molar-refractivity contribution in [2.75, 3.05) is 6.61 Å². The third-order valence-corrected chi connectivity index (χ3v) is 5.08. The molecule has 0 unspecified atom stereocenters. The molecule has 2 saturated heterocycles. The second-order valence-electron chi connectivity index (χ2n) is 6.19. The average Bonchev–Trinajstić information content (AvgIpc) is 3.23. The van der Waals surface area contributed by atoms with Crippen LogP contribution >= 0.6 is 12.2 Å². The molecule has 2 fully saturated rings. The van der Waals surface area contributed by atoms with Crippen LogP contribution in [0.15, 0.2) is 42.5 Å². The Bertz CT molecular complexity index is 1040. The Kier molecular flexibility index (Phi) is 3.30. The van der Waals surface area contributed by atoms with Gasteiger partial charge >= 0.3 is 0 Å². The number of benzene rings is 2. The first kappa shape index (κ1) is 14.9. The van der Waals surface area contributed by atoms with Crippen LogP contribution in [0.2, 0.25) is 0 Å². The number of nitrogens with zero attached hydrogens (tertiary/aromatic N) is 4. The molecule has 2 aliphatic heterocycles. The lowest BCUT2D eigenvalue weighted by Crippen LogP contribution is -2.37. The minimum absolute atomic E-state index is 0.0830. The van der Waals surface area contributed by atoms with Gasteiger partial charge in [0.05, 0.1) is 18.3 Å². The maximum Gasteiger partial charge on any atom is 0.221 e. The van der Waals surface area contributed by atoms with Gasteiger partial charge in [0.15, 0.2) is 5.78 Å². The van der Waals surface area contributed by atoms with Crippen molar-refractivity contribution in [2.24, 2.45) is 0 Å². The van der Waals surface area contributed by atoms with Gasteiger partial charge in [-0.2, -0.15) is 4.68 Å². The van der Waals surface area contributed by atoms with Crippen LogP contribution in [0, 0.1) is 4.77 Å². The number of fused-ring (bicyclic) bond motifs is 3. The highest BCUT2D eigenvalue weighted by atomic mass is 32.1. The molecule has 0 spiro atoms. The molecular formula is C17H14N4O3S. The number of ether oxygens (including phenoxy) is 2. The maximum atomic E-state index is 12.0. The van der Waals surface area contributed by atoms with Crippen LogP contribution < -0.4 is 0 Å². The molecule has 0 aliphatic carbocycles. The largest absolute Gasteiger partial charge is 0.343 e. The number of tetrazole rings is 1. The van der Waals surface area contributed by atoms with Crippen molar-refractivity contribution in [3.8, 4) is 5.69 Å². The van der Waals surface area contributed by atoms with Gasteiger partial charge in [0.1, 0.15) is 6.10 Å². The van der Waals surface area contributed by atoms with Gasteiger partial charge in [-0.25, -0.2) is 4.68 Å². The number of carbonyl (C=O) groups is 1. The third kappa shape index (κ3) is 2.25. The van der Waals surface area contributed by atoms with E-state index < -0.39 is 6.29 Å². The van der Waals surface area contributed by atoms with E-state index in [4.69, 9.17) is 21.7 Å². The predicted molar refractivity (Wildman–Crippen MR) is 91.0 cm³/mol. The van der Waals surface area contributed by atoms with Crippen molar-refractivity contribution in [2.45, 2.75) is 24.9 Å². The number of aromatic nitrogens is 4. The van der Waals surface area contributed by atoms with Gasteiger partial charge in [-0.05, 0) is 34.1 Å². The number of carbonyl (C=O) groups excluding carboxylic acids is 1. The first-order valence-corrected chi connectivity index (χ1v) is 8.45. The van der Waals surface area contributed by atoms with E-state index in [1.807, 2.05) is 42.5 Å². The van der Waals surface area contributed by atoms with Crippen molar-refractivity contribution < 1.29 is 14.3 Å². The molecule has 126 valence electrons. The van der Waals surface area contributed by atoms with Gasteiger partial charge in [0.2, 0.25) is 11.1 Å². The molecule has 0 saturated carbocycles. The predicted octanol–water partition coefficient (Wildman–Crippen LogP) is 2.21. The van der Waals surface area contributed by atoms with Crippen LogP contribution in [0.3, 0.4) is 0 Å². The van der Waals surface area contributed by atoms with Gasteiger partial charge in [-0.1, -0.05) is 36.4 Å². The summed E-state index contributed by atoms with van der Waals surface area (Å²) in [6.45, 7) is 0.365. The number of hydrogen-bond donors (Lipinski definition) is 0. The van der Waals surface area contributed by atoms with E-state index in [1.54, 1.807) is 9.36 Å². The first-order valence-electron chi connectivity index (χ1n) is 8.05. The van der Waals surface area contributed by atoms with Crippen LogP contribution in [0.5, 0.6) is 0 Å². The summed E-state index contributed by atoms with van der Waals surface area (Å²) in [5.41, 5.74) is 0.859. The van der Waals surface area contributed by atoms with E-state index in [2.05, 4.69) is 10.4 Å². The molecule has 3 atom stereocenters. The summed E-state index contributed by atoms with van der Waals surface area (Å²) in [6.07, 6.45) is -0.673. The van der Waals surface area contributed by atoms with Crippen LogP contribution in [0.4, 0.5) is 0 Å². The van der Waals surface area contributed by atoms with E-state index >= 15 is 0 Å². The van der Waals surface area contributed by atoms with Gasteiger partial charge in [0.25, 0.3) is 0 Å². The molecule has 5 rings (SSSR count). The molecule has 3 aromatic rings. The topological polar surface area (TPSA) is 71.2 Å². The van der Waals surface area contributed by atoms with Crippen molar-refractivity contribution in [1.82, 2.24) is 19.8 Å². The lowest BCUT2D eigenvalue weighted by Gasteiger charge is -2.25. The van der Waals surface area contributed by atoms with Crippen LogP contribution in [0.25, 0.3) is 16.5 Å². The van der Waals surface area contributed by atoms with Crippen molar-refractivity contribution in [3.63, 3.8) is 0 Å². The number of rotatable bonds is 2. The monoisotopic (exact) mass is 354 g/mol. The highest BCUT2D eigenvalue weighted by molar-refractivity contribution is 7.71. The molecule has 0 amide bonds. The summed E-state index contributed by atoms with van der Waals surface area (Å²) >= 11 is 5.60. The smallest absolute Gasteiger partial charge is 0.221 e. The lowest BCUT2D eigenvalue weighted by molar-refractivity contribution is -0.156. The molecule has 0 N–H and O–H groups in total. The SMILES string of the molecule is O=C1C[C@@H](n2nnn(-c3cccc4ccccc34)c2=S)[C@@H]2CO[C@H]1O2. The average molecular weight is 354 g/mol. The van der Waals surface area contributed by atoms with Gasteiger partial charge < -0.3 is 9.47 Å². The zero-order valence-electron chi connectivity index (χ0n) is 13.1. The lowest BCUT2D eigenvalue weighted by atomic mass is 10.0. The summed E-state index contributed by atoms with van der Waals surface area (Å²) < 4.78 is 14.6. The normalized spacial score (nSPS) is 25.6. The van der Waals surface area contributed by atoms with E-state index in [0.29, 0.717) is 11.4 Å². The molecule has 7 nitrogen and oxygen atoms in total. The number of Topliss-reactive ketones (excluding diaryl/α,β-unsaturated/α-hetero) is 1. The molecule has 3 heterocycles. The Labute approximate surface area is 147 Å². The molecular weight excluding hydrogens is 340 g/mol. The molecule has 25 heavy (non-hydrogen) atoms. The molecule has 1 aromatic heterocycles. The second-order valence-corrected chi connectivity index (χ2v) is 6.56. The second kappa shape index (κ2) is 5.55. The van der Waals surface area contributed by atoms with E-state index in [-0.39, 0.29) is 24.3 Å². The fourth-order valence-electron chi connectivity index (χ4n) is 3.48. The zero-order valence-corrected chi connectivity index (χ0v) is 13.9. The molecule has 2 aliphatic rings. The van der Waals surface area contributed by atoms with Crippen LogP contribution in [-0.2, 0) is 14.3 Å². The minimum Gasteiger partial charge on any atom is -0.343 e. The number of hydrogen-bond acceptors (Lipinski definition) is 6. The Morgan fingerprint density at radius 3 is 2.88 bits per heavy atom. The summed E-state index contributed by atoms with van der Waals surface area (Å²) in [5.74, 6) is -0.0830. The van der Waals surface area contributed by atoms with E-state index in [9.17, 15) is 4.79 Å². The van der Waals surface area contributed by atoms with Crippen molar-refractivity contribution in [1.29, 1.82) is 0 Å². The molecule has 2 aromatic carbocycles. The quantitative estimate of drug-likeness (QED) is 0.657. The minimum atomic E-state index is -0.733. The molecule has 0 radical (unpaired) electrons. The van der Waals surface area contributed by atoms with Crippen LogP contribution in [-0.4, -0.2) is 44.6 Å². The maximum absolute atomic E-state index is 12.0. The van der Waals surface area contributed by atoms with Gasteiger partial charge in [0, 0.05) is 11.8 Å². The Hall–Kier alpha value is -2.42. The number of ketones is 1. The summed E-state index contributed by atoms with van der Waals surface area (Å²) in [5, 5.41) is 10.6. The first-order chi connectivity index (χ1) is 12.2. The van der Waals surface area contributed by atoms with Gasteiger partial charge in [-0.15, -0.1) is 0 Å². The summed E-state index contributed by atoms with van der Waals surface area (Å²) in [7, 11) is 0. The van der Waals surface area contributed by atoms with Crippen molar-refractivity contribution >= 4 is 28.8 Å². The molecule has 8 heteroatoms. The standard InChI is InChI=1S/C17H14N4O3S/c22-14-8-13(15-9-23-16(14)24-15)21-17(25)20(18-19-21)12-7-3-5-10-4-1-2-6-11(10)12/h1-7,13,15-16H,8-9H2/t13-,15+,16+/m1/s1.